The van der Waals surface area contributed by atoms with Gasteiger partial charge in [0.1, 0.15) is 6.20 Å². The molecule has 1 saturated heterocycles. The molecule has 0 saturated carbocycles. The van der Waals surface area contributed by atoms with Crippen molar-refractivity contribution < 1.29 is 14.8 Å². The van der Waals surface area contributed by atoms with Crippen molar-refractivity contribution >= 4 is 29.1 Å². The second-order valence-electron chi connectivity index (χ2n) is 4.20. The van der Waals surface area contributed by atoms with Gasteiger partial charge in [0.15, 0.2) is 0 Å². The second kappa shape index (κ2) is 5.35. The molecule has 9 heteroatoms. The first kappa shape index (κ1) is 13.5. The van der Waals surface area contributed by atoms with Crippen LogP contribution in [0.1, 0.15) is 12.8 Å². The third kappa shape index (κ3) is 2.90. The summed E-state index contributed by atoms with van der Waals surface area (Å²) in [5.41, 5.74) is -0.224. The fourth-order valence-corrected chi connectivity index (χ4v) is 2.17. The van der Waals surface area contributed by atoms with E-state index in [4.69, 9.17) is 16.7 Å². The predicted molar refractivity (Wildman–Crippen MR) is 66.3 cm³/mol. The Balaban J connectivity index is 2.21. The number of nitrogens with zero attached hydrogens (tertiary/aromatic N) is 4. The van der Waals surface area contributed by atoms with Crippen LogP contribution in [0.5, 0.6) is 0 Å². The molecular weight excluding hydrogens is 276 g/mol. The van der Waals surface area contributed by atoms with Gasteiger partial charge in [-0.3, -0.25) is 14.9 Å². The zero-order chi connectivity index (χ0) is 14.0. The zero-order valence-corrected chi connectivity index (χ0v) is 10.6. The van der Waals surface area contributed by atoms with Crippen molar-refractivity contribution in [1.82, 2.24) is 9.97 Å². The van der Waals surface area contributed by atoms with Crippen molar-refractivity contribution in [3.8, 4) is 0 Å². The number of anilines is 1. The Morgan fingerprint density at radius 1 is 1.53 bits per heavy atom. The highest BCUT2D eigenvalue weighted by Crippen LogP contribution is 2.29. The lowest BCUT2D eigenvalue weighted by Gasteiger charge is -2.30. The number of carboxylic acids is 1. The van der Waals surface area contributed by atoms with Crippen LogP contribution >= 0.6 is 11.6 Å². The van der Waals surface area contributed by atoms with Crippen molar-refractivity contribution in [2.75, 3.05) is 18.0 Å². The maximum absolute atomic E-state index is 10.9. The Morgan fingerprint density at radius 2 is 2.16 bits per heavy atom. The van der Waals surface area contributed by atoms with Crippen LogP contribution in [0.2, 0.25) is 5.28 Å². The van der Waals surface area contributed by atoms with Crippen LogP contribution < -0.4 is 4.90 Å². The number of hydrogen-bond acceptors (Lipinski definition) is 6. The summed E-state index contributed by atoms with van der Waals surface area (Å²) in [4.78, 5) is 30.3. The first-order chi connectivity index (χ1) is 8.99. The van der Waals surface area contributed by atoms with Crippen molar-refractivity contribution in [3.63, 3.8) is 0 Å². The van der Waals surface area contributed by atoms with Crippen LogP contribution in [0.3, 0.4) is 0 Å². The molecule has 1 aromatic rings. The van der Waals surface area contributed by atoms with Gasteiger partial charge in [-0.1, -0.05) is 0 Å². The van der Waals surface area contributed by atoms with Crippen LogP contribution in [-0.4, -0.2) is 39.1 Å². The quantitative estimate of drug-likeness (QED) is 0.507. The Kier molecular flexibility index (Phi) is 3.79. The van der Waals surface area contributed by atoms with Gasteiger partial charge in [-0.05, 0) is 24.4 Å². The van der Waals surface area contributed by atoms with E-state index in [0.717, 1.165) is 6.20 Å². The average molecular weight is 287 g/mol. The summed E-state index contributed by atoms with van der Waals surface area (Å²) >= 11 is 5.65. The molecule has 1 aliphatic rings. The number of hydrogen-bond donors (Lipinski definition) is 1. The van der Waals surface area contributed by atoms with Gasteiger partial charge in [0, 0.05) is 13.1 Å². The normalized spacial score (nSPS) is 16.4. The monoisotopic (exact) mass is 286 g/mol. The van der Waals surface area contributed by atoms with Crippen LogP contribution in [-0.2, 0) is 4.79 Å². The minimum absolute atomic E-state index is 0.0686. The summed E-state index contributed by atoms with van der Waals surface area (Å²) in [6.07, 6.45) is 1.91. The summed E-state index contributed by atoms with van der Waals surface area (Å²) in [7, 11) is 0. The van der Waals surface area contributed by atoms with Gasteiger partial charge < -0.3 is 10.0 Å². The van der Waals surface area contributed by atoms with Gasteiger partial charge in [-0.25, -0.2) is 4.98 Å². The Labute approximate surface area is 113 Å². The van der Waals surface area contributed by atoms with Gasteiger partial charge in [0.25, 0.3) is 0 Å². The maximum Gasteiger partial charge on any atom is 0.329 e. The van der Waals surface area contributed by atoms with Gasteiger partial charge in [0.2, 0.25) is 11.1 Å². The molecule has 0 aliphatic carbocycles. The fourth-order valence-electron chi connectivity index (χ4n) is 2.05. The van der Waals surface area contributed by atoms with Gasteiger partial charge in [0.05, 0.1) is 10.8 Å². The topological polar surface area (TPSA) is 109 Å². The first-order valence-electron chi connectivity index (χ1n) is 5.63. The van der Waals surface area contributed by atoms with Crippen molar-refractivity contribution in [2.45, 2.75) is 12.8 Å². The third-order valence-electron chi connectivity index (χ3n) is 3.06. The number of aliphatic carboxylic acids is 1. The standard InChI is InChI=1S/C10H11ClN4O4/c11-10-12-5-7(15(18)19)8(13-10)14-3-1-6(2-4-14)9(16)17/h5-6H,1-4H2,(H,16,17). The Bertz CT molecular complexity index is 516. The third-order valence-corrected chi connectivity index (χ3v) is 3.24. The largest absolute Gasteiger partial charge is 0.481 e. The van der Waals surface area contributed by atoms with Crippen LogP contribution in [0, 0.1) is 16.0 Å². The van der Waals surface area contributed by atoms with Crippen molar-refractivity contribution in [1.29, 1.82) is 0 Å². The van der Waals surface area contributed by atoms with E-state index in [1.807, 2.05) is 0 Å². The summed E-state index contributed by atoms with van der Waals surface area (Å²) in [6.45, 7) is 0.788. The van der Waals surface area contributed by atoms with Crippen molar-refractivity contribution in [3.05, 3.63) is 21.6 Å². The highest BCUT2D eigenvalue weighted by atomic mass is 35.5. The second-order valence-corrected chi connectivity index (χ2v) is 4.54. The van der Waals surface area contributed by atoms with E-state index in [1.54, 1.807) is 4.90 Å². The molecule has 0 spiro atoms. The van der Waals surface area contributed by atoms with Crippen LogP contribution in [0.15, 0.2) is 6.20 Å². The lowest BCUT2D eigenvalue weighted by atomic mass is 9.97. The molecule has 1 N–H and O–H groups in total. The Morgan fingerprint density at radius 3 is 2.68 bits per heavy atom. The molecule has 102 valence electrons. The Hall–Kier alpha value is -1.96. The lowest BCUT2D eigenvalue weighted by molar-refractivity contribution is -0.384. The lowest BCUT2D eigenvalue weighted by Crippen LogP contribution is -2.37. The minimum atomic E-state index is -0.838. The van der Waals surface area contributed by atoms with E-state index < -0.39 is 16.8 Å². The van der Waals surface area contributed by atoms with E-state index >= 15 is 0 Å². The molecule has 0 unspecified atom stereocenters. The van der Waals surface area contributed by atoms with Crippen molar-refractivity contribution in [2.24, 2.45) is 5.92 Å². The zero-order valence-electron chi connectivity index (χ0n) is 9.82. The van der Waals surface area contributed by atoms with E-state index in [0.29, 0.717) is 25.9 Å². The highest BCUT2D eigenvalue weighted by molar-refractivity contribution is 6.28. The molecule has 1 fully saturated rings. The number of carbonyl (C=O) groups is 1. The molecule has 8 nitrogen and oxygen atoms in total. The number of aromatic nitrogens is 2. The average Bonchev–Trinajstić information content (AvgIpc) is 2.38. The molecule has 1 aliphatic heterocycles. The molecule has 2 heterocycles. The fraction of sp³-hybridized carbons (Fsp3) is 0.500. The number of piperidine rings is 1. The SMILES string of the molecule is O=C(O)C1CCN(c2nc(Cl)ncc2[N+](=O)[O-])CC1. The van der Waals surface area contributed by atoms with E-state index in [9.17, 15) is 14.9 Å². The predicted octanol–water partition coefficient (Wildman–Crippen LogP) is 1.34. The minimum Gasteiger partial charge on any atom is -0.481 e. The molecule has 0 atom stereocenters. The summed E-state index contributed by atoms with van der Waals surface area (Å²) in [5.74, 6) is -1.10. The molecule has 0 bridgehead atoms. The number of halogens is 1. The number of nitro groups is 1. The van der Waals surface area contributed by atoms with Crippen LogP contribution in [0.4, 0.5) is 11.5 Å². The molecule has 0 aromatic carbocycles. The van der Waals surface area contributed by atoms with E-state index in [-0.39, 0.29) is 16.8 Å². The molecule has 1 aromatic heterocycles. The summed E-state index contributed by atoms with van der Waals surface area (Å²) in [6, 6.07) is 0. The van der Waals surface area contributed by atoms with Gasteiger partial charge in [-0.15, -0.1) is 0 Å². The molecule has 2 rings (SSSR count). The van der Waals surface area contributed by atoms with E-state index in [2.05, 4.69) is 9.97 Å². The molecule has 0 radical (unpaired) electrons. The first-order valence-corrected chi connectivity index (χ1v) is 6.01. The smallest absolute Gasteiger partial charge is 0.329 e. The molecule has 0 amide bonds. The van der Waals surface area contributed by atoms with Crippen LogP contribution in [0.25, 0.3) is 0 Å². The molecular formula is C10H11ClN4O4. The summed E-state index contributed by atoms with van der Waals surface area (Å²) < 4.78 is 0. The highest BCUT2D eigenvalue weighted by Gasteiger charge is 2.29. The van der Waals surface area contributed by atoms with Gasteiger partial charge in [-0.2, -0.15) is 4.98 Å². The van der Waals surface area contributed by atoms with E-state index in [1.165, 1.54) is 0 Å². The summed E-state index contributed by atoms with van der Waals surface area (Å²) in [5, 5.41) is 19.7. The maximum atomic E-state index is 10.9. The van der Waals surface area contributed by atoms with Gasteiger partial charge >= 0.3 is 11.7 Å². The number of carboxylic acid groups (broad SMARTS) is 1. The molecule has 19 heavy (non-hydrogen) atoms. The number of rotatable bonds is 3.